The standard InChI is InChI=1S/C15H20ClNO/c16-14-5-1-3-12(9-13-4-2-8-17-13)15(14)18-10-11-6-7-11/h1,3,5,11,13,17H,2,4,6-10H2. The molecule has 1 aliphatic carbocycles. The molecule has 98 valence electrons. The van der Waals surface area contributed by atoms with Crippen molar-refractivity contribution < 1.29 is 4.74 Å². The van der Waals surface area contributed by atoms with Gasteiger partial charge in [-0.05, 0) is 56.2 Å². The lowest BCUT2D eigenvalue weighted by atomic mass is 10.0. The van der Waals surface area contributed by atoms with E-state index < -0.39 is 0 Å². The third-order valence-electron chi connectivity index (χ3n) is 3.84. The van der Waals surface area contributed by atoms with Gasteiger partial charge in [-0.25, -0.2) is 0 Å². The van der Waals surface area contributed by atoms with Gasteiger partial charge in [-0.15, -0.1) is 0 Å². The van der Waals surface area contributed by atoms with Crippen molar-refractivity contribution in [3.63, 3.8) is 0 Å². The average Bonchev–Trinajstić information content (AvgIpc) is 3.05. The van der Waals surface area contributed by atoms with Crippen molar-refractivity contribution in [3.05, 3.63) is 28.8 Å². The molecular formula is C15H20ClNO. The zero-order chi connectivity index (χ0) is 12.4. The van der Waals surface area contributed by atoms with Crippen LogP contribution in [0.25, 0.3) is 0 Å². The van der Waals surface area contributed by atoms with Crippen molar-refractivity contribution >= 4 is 11.6 Å². The fourth-order valence-corrected chi connectivity index (χ4v) is 2.81. The van der Waals surface area contributed by atoms with Crippen molar-refractivity contribution in [2.24, 2.45) is 5.92 Å². The summed E-state index contributed by atoms with van der Waals surface area (Å²) in [5.41, 5.74) is 1.25. The van der Waals surface area contributed by atoms with Crippen LogP contribution in [0.3, 0.4) is 0 Å². The molecular weight excluding hydrogens is 246 g/mol. The summed E-state index contributed by atoms with van der Waals surface area (Å²) in [7, 11) is 0. The zero-order valence-corrected chi connectivity index (χ0v) is 11.4. The largest absolute Gasteiger partial charge is 0.491 e. The number of ether oxygens (including phenoxy) is 1. The molecule has 1 aromatic rings. The summed E-state index contributed by atoms with van der Waals surface area (Å²) in [6.07, 6.45) is 6.19. The molecule has 1 atom stereocenters. The Hall–Kier alpha value is -0.730. The Morgan fingerprint density at radius 1 is 1.28 bits per heavy atom. The van der Waals surface area contributed by atoms with Crippen LogP contribution in [-0.4, -0.2) is 19.2 Å². The quantitative estimate of drug-likeness (QED) is 0.881. The van der Waals surface area contributed by atoms with Crippen molar-refractivity contribution in [2.45, 2.75) is 38.1 Å². The molecule has 1 saturated carbocycles. The minimum absolute atomic E-state index is 0.590. The normalized spacial score (nSPS) is 23.3. The van der Waals surface area contributed by atoms with E-state index in [9.17, 15) is 0 Å². The molecule has 0 aromatic heterocycles. The summed E-state index contributed by atoms with van der Waals surface area (Å²) in [5, 5.41) is 4.29. The van der Waals surface area contributed by atoms with Crippen LogP contribution in [0, 0.1) is 5.92 Å². The van der Waals surface area contributed by atoms with Crippen LogP contribution in [0.4, 0.5) is 0 Å². The summed E-state index contributed by atoms with van der Waals surface area (Å²) in [5.74, 6) is 1.68. The molecule has 3 rings (SSSR count). The van der Waals surface area contributed by atoms with E-state index in [0.29, 0.717) is 6.04 Å². The molecule has 1 aromatic carbocycles. The van der Waals surface area contributed by atoms with E-state index in [4.69, 9.17) is 16.3 Å². The maximum Gasteiger partial charge on any atom is 0.141 e. The summed E-state index contributed by atoms with van der Waals surface area (Å²) in [6, 6.07) is 6.69. The van der Waals surface area contributed by atoms with Gasteiger partial charge in [0, 0.05) is 6.04 Å². The van der Waals surface area contributed by atoms with Crippen molar-refractivity contribution in [1.82, 2.24) is 5.32 Å². The molecule has 18 heavy (non-hydrogen) atoms. The Bertz CT molecular complexity index is 411. The molecule has 3 heteroatoms. The van der Waals surface area contributed by atoms with Crippen LogP contribution in [0.5, 0.6) is 5.75 Å². The van der Waals surface area contributed by atoms with E-state index in [-0.39, 0.29) is 0 Å². The lowest BCUT2D eigenvalue weighted by Gasteiger charge is -2.16. The summed E-state index contributed by atoms with van der Waals surface area (Å²) < 4.78 is 5.94. The Balaban J connectivity index is 1.71. The minimum Gasteiger partial charge on any atom is -0.491 e. The SMILES string of the molecule is Clc1cccc(CC2CCCN2)c1OCC1CC1. The lowest BCUT2D eigenvalue weighted by Crippen LogP contribution is -2.24. The number of nitrogens with one attached hydrogen (secondary N) is 1. The van der Waals surface area contributed by atoms with E-state index in [1.807, 2.05) is 12.1 Å². The highest BCUT2D eigenvalue weighted by Gasteiger charge is 2.23. The maximum atomic E-state index is 6.27. The molecule has 1 aliphatic heterocycles. The number of hydrogen-bond acceptors (Lipinski definition) is 2. The third kappa shape index (κ3) is 2.99. The third-order valence-corrected chi connectivity index (χ3v) is 4.14. The first-order chi connectivity index (χ1) is 8.83. The molecule has 2 nitrogen and oxygen atoms in total. The van der Waals surface area contributed by atoms with E-state index in [1.165, 1.54) is 31.2 Å². The molecule has 0 amide bonds. The number of hydrogen-bond donors (Lipinski definition) is 1. The average molecular weight is 266 g/mol. The van der Waals surface area contributed by atoms with Gasteiger partial charge in [0.1, 0.15) is 5.75 Å². The molecule has 1 saturated heterocycles. The Morgan fingerprint density at radius 3 is 2.89 bits per heavy atom. The maximum absolute atomic E-state index is 6.27. The van der Waals surface area contributed by atoms with E-state index in [1.54, 1.807) is 0 Å². The van der Waals surface area contributed by atoms with E-state index in [2.05, 4.69) is 11.4 Å². The van der Waals surface area contributed by atoms with Crippen LogP contribution >= 0.6 is 11.6 Å². The smallest absolute Gasteiger partial charge is 0.141 e. The fraction of sp³-hybridized carbons (Fsp3) is 0.600. The Labute approximate surface area is 114 Å². The molecule has 1 unspecified atom stereocenters. The van der Waals surface area contributed by atoms with Gasteiger partial charge in [-0.2, -0.15) is 0 Å². The molecule has 0 bridgehead atoms. The van der Waals surface area contributed by atoms with Gasteiger partial charge >= 0.3 is 0 Å². The molecule has 1 N–H and O–H groups in total. The second-order valence-electron chi connectivity index (χ2n) is 5.48. The highest BCUT2D eigenvalue weighted by Crippen LogP contribution is 2.34. The van der Waals surface area contributed by atoms with Gasteiger partial charge in [0.05, 0.1) is 11.6 Å². The van der Waals surface area contributed by atoms with Gasteiger partial charge < -0.3 is 10.1 Å². The summed E-state index contributed by atoms with van der Waals surface area (Å²) in [6.45, 7) is 1.97. The highest BCUT2D eigenvalue weighted by atomic mass is 35.5. The van der Waals surface area contributed by atoms with Crippen molar-refractivity contribution in [3.8, 4) is 5.75 Å². The number of benzene rings is 1. The fourth-order valence-electron chi connectivity index (χ4n) is 2.56. The van der Waals surface area contributed by atoms with Gasteiger partial charge in [0.15, 0.2) is 0 Å². The minimum atomic E-state index is 0.590. The van der Waals surface area contributed by atoms with Gasteiger partial charge in [-0.3, -0.25) is 0 Å². The topological polar surface area (TPSA) is 21.3 Å². The van der Waals surface area contributed by atoms with Crippen molar-refractivity contribution in [2.75, 3.05) is 13.2 Å². The van der Waals surface area contributed by atoms with Crippen LogP contribution in [0.1, 0.15) is 31.2 Å². The predicted molar refractivity (Wildman–Crippen MR) is 74.4 cm³/mol. The van der Waals surface area contributed by atoms with Crippen LogP contribution in [-0.2, 0) is 6.42 Å². The molecule has 2 aliphatic rings. The van der Waals surface area contributed by atoms with Gasteiger partial charge in [0.2, 0.25) is 0 Å². The monoisotopic (exact) mass is 265 g/mol. The first kappa shape index (κ1) is 12.3. The van der Waals surface area contributed by atoms with E-state index in [0.717, 1.165) is 36.3 Å². The second-order valence-corrected chi connectivity index (χ2v) is 5.89. The zero-order valence-electron chi connectivity index (χ0n) is 10.6. The van der Waals surface area contributed by atoms with Crippen molar-refractivity contribution in [1.29, 1.82) is 0 Å². The number of para-hydroxylation sites is 1. The van der Waals surface area contributed by atoms with E-state index >= 15 is 0 Å². The molecule has 0 spiro atoms. The van der Waals surface area contributed by atoms with Gasteiger partial charge in [-0.1, -0.05) is 23.7 Å². The Kier molecular flexibility index (Phi) is 3.76. The molecule has 1 heterocycles. The van der Waals surface area contributed by atoms with Crippen LogP contribution in [0.2, 0.25) is 5.02 Å². The van der Waals surface area contributed by atoms with Gasteiger partial charge in [0.25, 0.3) is 0 Å². The lowest BCUT2D eigenvalue weighted by molar-refractivity contribution is 0.296. The highest BCUT2D eigenvalue weighted by molar-refractivity contribution is 6.32. The summed E-state index contributed by atoms with van der Waals surface area (Å²) in [4.78, 5) is 0. The first-order valence-corrected chi connectivity index (χ1v) is 7.34. The number of halogens is 1. The first-order valence-electron chi connectivity index (χ1n) is 6.96. The molecule has 0 radical (unpaired) electrons. The van der Waals surface area contributed by atoms with Crippen LogP contribution < -0.4 is 10.1 Å². The Morgan fingerprint density at radius 2 is 2.17 bits per heavy atom. The number of rotatable bonds is 5. The van der Waals surface area contributed by atoms with Crippen LogP contribution in [0.15, 0.2) is 18.2 Å². The second kappa shape index (κ2) is 5.50. The molecule has 2 fully saturated rings. The predicted octanol–water partition coefficient (Wildman–Crippen LogP) is 3.42. The summed E-state index contributed by atoms with van der Waals surface area (Å²) >= 11 is 6.27.